The van der Waals surface area contributed by atoms with Crippen LogP contribution in [0.25, 0.3) is 0 Å². The summed E-state index contributed by atoms with van der Waals surface area (Å²) in [5.41, 5.74) is 1.52. The van der Waals surface area contributed by atoms with Crippen LogP contribution in [0.3, 0.4) is 0 Å². The Labute approximate surface area is 146 Å². The van der Waals surface area contributed by atoms with Crippen LogP contribution in [0.4, 0.5) is 10.5 Å². The van der Waals surface area contributed by atoms with E-state index in [4.69, 9.17) is 9.15 Å². The lowest BCUT2D eigenvalue weighted by Gasteiger charge is -2.13. The molecule has 3 amide bonds. The Bertz CT molecular complexity index is 727. The van der Waals surface area contributed by atoms with Gasteiger partial charge in [-0.2, -0.15) is 0 Å². The lowest BCUT2D eigenvalue weighted by Crippen LogP contribution is -2.36. The minimum Gasteiger partial charge on any atom is -0.464 e. The minimum absolute atomic E-state index is 0.00494. The van der Waals surface area contributed by atoms with E-state index in [1.165, 1.54) is 7.11 Å². The quantitative estimate of drug-likeness (QED) is 0.719. The fourth-order valence-electron chi connectivity index (χ4n) is 2.27. The first-order valence-electron chi connectivity index (χ1n) is 7.96. The standard InChI is InChI=1S/C18H23N3O4/c1-12-7-8-16(25-12)13(2)20-18(23)19-10-14-5-4-6-15(9-14)21-17(22)11-24-3/h4-9,13H,10-11H2,1-3H3,(H,21,22)(H2,19,20,23). The van der Waals surface area contributed by atoms with Crippen LogP contribution in [0.2, 0.25) is 0 Å². The highest BCUT2D eigenvalue weighted by Crippen LogP contribution is 2.15. The van der Waals surface area contributed by atoms with Crippen LogP contribution < -0.4 is 16.0 Å². The van der Waals surface area contributed by atoms with Gasteiger partial charge in [0.2, 0.25) is 5.91 Å². The highest BCUT2D eigenvalue weighted by molar-refractivity contribution is 5.91. The molecule has 0 saturated carbocycles. The van der Waals surface area contributed by atoms with E-state index in [0.717, 1.165) is 11.3 Å². The van der Waals surface area contributed by atoms with E-state index in [9.17, 15) is 9.59 Å². The highest BCUT2D eigenvalue weighted by atomic mass is 16.5. The zero-order valence-electron chi connectivity index (χ0n) is 14.6. The molecule has 0 aliphatic carbocycles. The first-order valence-corrected chi connectivity index (χ1v) is 7.96. The van der Waals surface area contributed by atoms with Crippen molar-refractivity contribution in [1.29, 1.82) is 0 Å². The number of amides is 3. The summed E-state index contributed by atoms with van der Waals surface area (Å²) in [5.74, 6) is 1.28. The number of furan rings is 1. The summed E-state index contributed by atoms with van der Waals surface area (Å²) in [5, 5.41) is 8.32. The molecule has 0 fully saturated rings. The predicted octanol–water partition coefficient (Wildman–Crippen LogP) is 2.73. The molecule has 2 aromatic rings. The maximum atomic E-state index is 12.0. The first-order chi connectivity index (χ1) is 12.0. The van der Waals surface area contributed by atoms with E-state index in [2.05, 4.69) is 16.0 Å². The van der Waals surface area contributed by atoms with Gasteiger partial charge < -0.3 is 25.1 Å². The van der Waals surface area contributed by atoms with Crippen molar-refractivity contribution in [2.45, 2.75) is 26.4 Å². The van der Waals surface area contributed by atoms with Gasteiger partial charge >= 0.3 is 6.03 Å². The van der Waals surface area contributed by atoms with Gasteiger partial charge in [-0.3, -0.25) is 4.79 Å². The van der Waals surface area contributed by atoms with Gasteiger partial charge in [0, 0.05) is 19.3 Å². The van der Waals surface area contributed by atoms with E-state index >= 15 is 0 Å². The van der Waals surface area contributed by atoms with E-state index < -0.39 is 0 Å². The third-order valence-corrected chi connectivity index (χ3v) is 3.47. The second-order valence-electron chi connectivity index (χ2n) is 5.68. The minimum atomic E-state index is -0.296. The average molecular weight is 345 g/mol. The molecule has 2 rings (SSSR count). The number of hydrogen-bond donors (Lipinski definition) is 3. The van der Waals surface area contributed by atoms with Crippen molar-refractivity contribution in [3.63, 3.8) is 0 Å². The highest BCUT2D eigenvalue weighted by Gasteiger charge is 2.12. The van der Waals surface area contributed by atoms with Crippen LogP contribution in [-0.2, 0) is 16.1 Å². The van der Waals surface area contributed by atoms with Crippen LogP contribution in [0.15, 0.2) is 40.8 Å². The van der Waals surface area contributed by atoms with E-state index in [1.807, 2.05) is 38.1 Å². The van der Waals surface area contributed by atoms with Crippen molar-refractivity contribution in [2.24, 2.45) is 0 Å². The van der Waals surface area contributed by atoms with Gasteiger partial charge in [0.25, 0.3) is 0 Å². The van der Waals surface area contributed by atoms with Gasteiger partial charge in [-0.05, 0) is 43.7 Å². The SMILES string of the molecule is COCC(=O)Nc1cccc(CNC(=O)NC(C)c2ccc(C)o2)c1. The number of hydrogen-bond acceptors (Lipinski definition) is 4. The zero-order valence-corrected chi connectivity index (χ0v) is 14.6. The van der Waals surface area contributed by atoms with Crippen LogP contribution in [0, 0.1) is 6.92 Å². The maximum absolute atomic E-state index is 12.0. The average Bonchev–Trinajstić information content (AvgIpc) is 3.00. The number of benzene rings is 1. The molecule has 3 N–H and O–H groups in total. The molecule has 0 saturated heterocycles. The number of ether oxygens (including phenoxy) is 1. The fraction of sp³-hybridized carbons (Fsp3) is 0.333. The molecule has 1 aromatic heterocycles. The van der Waals surface area contributed by atoms with E-state index in [0.29, 0.717) is 18.0 Å². The topological polar surface area (TPSA) is 92.6 Å². The fourth-order valence-corrected chi connectivity index (χ4v) is 2.27. The van der Waals surface area contributed by atoms with Crippen molar-refractivity contribution >= 4 is 17.6 Å². The molecular weight excluding hydrogens is 322 g/mol. The van der Waals surface area contributed by atoms with Crippen molar-refractivity contribution < 1.29 is 18.7 Å². The van der Waals surface area contributed by atoms with Gasteiger partial charge in [0.1, 0.15) is 18.1 Å². The van der Waals surface area contributed by atoms with Crippen molar-refractivity contribution in [1.82, 2.24) is 10.6 Å². The molecule has 0 spiro atoms. The van der Waals surface area contributed by atoms with Gasteiger partial charge in [-0.1, -0.05) is 12.1 Å². The number of aryl methyl sites for hydroxylation is 1. The lowest BCUT2D eigenvalue weighted by molar-refractivity contribution is -0.119. The summed E-state index contributed by atoms with van der Waals surface area (Å²) in [6.45, 7) is 4.04. The predicted molar refractivity (Wildman–Crippen MR) is 94.2 cm³/mol. The molecular formula is C18H23N3O4. The Morgan fingerprint density at radius 2 is 2.04 bits per heavy atom. The third kappa shape index (κ3) is 5.96. The number of carbonyl (C=O) groups is 2. The van der Waals surface area contributed by atoms with Crippen LogP contribution >= 0.6 is 0 Å². The Morgan fingerprint density at radius 1 is 1.24 bits per heavy atom. The second-order valence-corrected chi connectivity index (χ2v) is 5.68. The van der Waals surface area contributed by atoms with Gasteiger partial charge in [0.05, 0.1) is 6.04 Å². The molecule has 25 heavy (non-hydrogen) atoms. The Morgan fingerprint density at radius 3 is 2.72 bits per heavy atom. The molecule has 0 bridgehead atoms. The van der Waals surface area contributed by atoms with Crippen LogP contribution in [-0.4, -0.2) is 25.7 Å². The number of rotatable bonds is 7. The van der Waals surface area contributed by atoms with Gasteiger partial charge in [-0.15, -0.1) is 0 Å². The summed E-state index contributed by atoms with van der Waals surface area (Å²) < 4.78 is 10.3. The monoisotopic (exact) mass is 345 g/mol. The summed E-state index contributed by atoms with van der Waals surface area (Å²) in [6, 6.07) is 10.4. The molecule has 0 radical (unpaired) electrons. The second kappa shape index (κ2) is 8.89. The molecule has 134 valence electrons. The number of carbonyl (C=O) groups excluding carboxylic acids is 2. The Kier molecular flexibility index (Phi) is 6.59. The largest absolute Gasteiger partial charge is 0.464 e. The maximum Gasteiger partial charge on any atom is 0.315 e. The molecule has 7 heteroatoms. The molecule has 1 aromatic carbocycles. The van der Waals surface area contributed by atoms with Crippen molar-refractivity contribution in [3.8, 4) is 0 Å². The van der Waals surface area contributed by atoms with E-state index in [1.54, 1.807) is 12.1 Å². The number of anilines is 1. The van der Waals surface area contributed by atoms with Crippen molar-refractivity contribution in [2.75, 3.05) is 19.0 Å². The van der Waals surface area contributed by atoms with E-state index in [-0.39, 0.29) is 24.6 Å². The number of nitrogens with one attached hydrogen (secondary N) is 3. The number of urea groups is 1. The Balaban J connectivity index is 1.84. The van der Waals surface area contributed by atoms with Crippen LogP contribution in [0.1, 0.15) is 30.0 Å². The van der Waals surface area contributed by atoms with Gasteiger partial charge in [-0.25, -0.2) is 4.79 Å². The molecule has 0 aliphatic heterocycles. The molecule has 1 atom stereocenters. The Hall–Kier alpha value is -2.80. The third-order valence-electron chi connectivity index (χ3n) is 3.47. The summed E-state index contributed by atoms with van der Waals surface area (Å²) in [4.78, 5) is 23.5. The lowest BCUT2D eigenvalue weighted by atomic mass is 10.2. The summed E-state index contributed by atoms with van der Waals surface area (Å²) >= 11 is 0. The normalized spacial score (nSPS) is 11.6. The summed E-state index contributed by atoms with van der Waals surface area (Å²) in [6.07, 6.45) is 0. The van der Waals surface area contributed by atoms with Gasteiger partial charge in [0.15, 0.2) is 0 Å². The number of methoxy groups -OCH3 is 1. The van der Waals surface area contributed by atoms with Crippen molar-refractivity contribution in [3.05, 3.63) is 53.5 Å². The first kappa shape index (κ1) is 18.5. The molecule has 0 aliphatic rings. The smallest absolute Gasteiger partial charge is 0.315 e. The summed E-state index contributed by atoms with van der Waals surface area (Å²) in [7, 11) is 1.46. The molecule has 1 unspecified atom stereocenters. The molecule has 7 nitrogen and oxygen atoms in total. The van der Waals surface area contributed by atoms with Crippen LogP contribution in [0.5, 0.6) is 0 Å². The molecule has 1 heterocycles. The zero-order chi connectivity index (χ0) is 18.2.